The predicted octanol–water partition coefficient (Wildman–Crippen LogP) is 1.38. The van der Waals surface area contributed by atoms with E-state index in [2.05, 4.69) is 26.6 Å². The van der Waals surface area contributed by atoms with Gasteiger partial charge in [0.05, 0.1) is 23.1 Å². The van der Waals surface area contributed by atoms with Crippen molar-refractivity contribution in [1.82, 2.24) is 10.6 Å². The monoisotopic (exact) mass is 404 g/mol. The number of benzene rings is 1. The van der Waals surface area contributed by atoms with E-state index in [9.17, 15) is 19.6 Å². The molecule has 0 saturated heterocycles. The molecule has 0 aromatic heterocycles. The highest BCUT2D eigenvalue weighted by molar-refractivity contribution is 9.10. The Hall–Kier alpha value is -1.09. The molecule has 0 radical (unpaired) electrons. The Kier molecular flexibility index (Phi) is 8.04. The molecule has 1 rings (SSSR count). The first-order valence-corrected chi connectivity index (χ1v) is 8.26. The molecule has 0 spiro atoms. The average molecular weight is 405 g/mol. The summed E-state index contributed by atoms with van der Waals surface area (Å²) in [7, 11) is -1.66. The van der Waals surface area contributed by atoms with Gasteiger partial charge in [-0.3, -0.25) is 9.59 Å². The van der Waals surface area contributed by atoms with Crippen LogP contribution in [0.25, 0.3) is 0 Å². The minimum absolute atomic E-state index is 0.178. The molecule has 0 aliphatic rings. The molecule has 23 heavy (non-hydrogen) atoms. The Morgan fingerprint density at radius 2 is 2.00 bits per heavy atom. The van der Waals surface area contributed by atoms with Crippen molar-refractivity contribution in [2.24, 2.45) is 5.92 Å². The quantitative estimate of drug-likeness (QED) is 0.515. The fourth-order valence-corrected chi connectivity index (χ4v) is 2.51. The van der Waals surface area contributed by atoms with Gasteiger partial charge in [-0.1, -0.05) is 41.4 Å². The lowest BCUT2D eigenvalue weighted by Crippen LogP contribution is -2.50. The Morgan fingerprint density at radius 3 is 2.57 bits per heavy atom. The van der Waals surface area contributed by atoms with Crippen molar-refractivity contribution in [3.63, 3.8) is 0 Å². The fourth-order valence-electron chi connectivity index (χ4n) is 1.95. The van der Waals surface area contributed by atoms with E-state index < -0.39 is 24.9 Å². The third-order valence-electron chi connectivity index (χ3n) is 3.01. The van der Waals surface area contributed by atoms with E-state index in [0.29, 0.717) is 10.9 Å². The van der Waals surface area contributed by atoms with Crippen molar-refractivity contribution in [2.45, 2.75) is 26.2 Å². The van der Waals surface area contributed by atoms with Crippen LogP contribution in [0.5, 0.6) is 0 Å². The number of carbonyl (C=O) groups is 2. The predicted molar refractivity (Wildman–Crippen MR) is 93.1 cm³/mol. The van der Waals surface area contributed by atoms with Gasteiger partial charge in [-0.15, -0.1) is 0 Å². The molecule has 4 N–H and O–H groups in total. The standard InChI is InChI=1S/C14H19BBrClN2O4/c1-8(2)5-12(15(22)23)19-13(20)7-18-14(21)10-6-9(16)3-4-11(10)17/h3-4,6,8,12,22-23H,5,7H2,1-2H3,(H,18,21)(H,19,20)/t12-/m0/s1. The molecule has 0 bridgehead atoms. The highest BCUT2D eigenvalue weighted by Crippen LogP contribution is 2.20. The van der Waals surface area contributed by atoms with Crippen LogP contribution in [0.15, 0.2) is 22.7 Å². The Bertz CT molecular complexity index is 572. The fraction of sp³-hybridized carbons (Fsp3) is 0.429. The van der Waals surface area contributed by atoms with Gasteiger partial charge in [0.15, 0.2) is 0 Å². The first-order valence-electron chi connectivity index (χ1n) is 7.09. The van der Waals surface area contributed by atoms with Crippen molar-refractivity contribution >= 4 is 46.5 Å². The molecule has 0 heterocycles. The summed E-state index contributed by atoms with van der Waals surface area (Å²) in [6.45, 7) is 3.51. The van der Waals surface area contributed by atoms with Crippen LogP contribution in [0.4, 0.5) is 0 Å². The van der Waals surface area contributed by atoms with Crippen LogP contribution in [0.1, 0.15) is 30.6 Å². The normalized spacial score (nSPS) is 12.0. The number of halogens is 2. The van der Waals surface area contributed by atoms with Gasteiger partial charge < -0.3 is 20.7 Å². The molecule has 1 aromatic carbocycles. The number of nitrogens with one attached hydrogen (secondary N) is 2. The molecule has 0 unspecified atom stereocenters. The van der Waals surface area contributed by atoms with E-state index in [1.807, 2.05) is 13.8 Å². The van der Waals surface area contributed by atoms with E-state index in [0.717, 1.165) is 0 Å². The maximum atomic E-state index is 12.0. The number of hydrogen-bond acceptors (Lipinski definition) is 4. The minimum Gasteiger partial charge on any atom is -0.426 e. The molecule has 6 nitrogen and oxygen atoms in total. The Balaban J connectivity index is 2.58. The Labute approximate surface area is 148 Å². The first kappa shape index (κ1) is 20.0. The number of carbonyl (C=O) groups excluding carboxylic acids is 2. The van der Waals surface area contributed by atoms with Gasteiger partial charge in [-0.2, -0.15) is 0 Å². The highest BCUT2D eigenvalue weighted by atomic mass is 79.9. The minimum atomic E-state index is -1.66. The third kappa shape index (κ3) is 6.91. The van der Waals surface area contributed by atoms with Crippen LogP contribution in [0.2, 0.25) is 5.02 Å². The zero-order chi connectivity index (χ0) is 17.6. The van der Waals surface area contributed by atoms with E-state index in [4.69, 9.17) is 11.6 Å². The van der Waals surface area contributed by atoms with Gasteiger partial charge >= 0.3 is 7.12 Å². The van der Waals surface area contributed by atoms with Gasteiger partial charge in [-0.25, -0.2) is 0 Å². The molecule has 0 saturated carbocycles. The summed E-state index contributed by atoms with van der Waals surface area (Å²) >= 11 is 9.18. The second-order valence-corrected chi connectivity index (χ2v) is 6.85. The van der Waals surface area contributed by atoms with Crippen LogP contribution in [0.3, 0.4) is 0 Å². The van der Waals surface area contributed by atoms with E-state index in [1.54, 1.807) is 18.2 Å². The van der Waals surface area contributed by atoms with Gasteiger partial charge in [0.1, 0.15) is 0 Å². The molecule has 126 valence electrons. The number of rotatable bonds is 7. The average Bonchev–Trinajstić information content (AvgIpc) is 2.46. The molecule has 9 heteroatoms. The SMILES string of the molecule is CC(C)C[C@H](NC(=O)CNC(=O)c1cc(Br)ccc1Cl)B(O)O. The molecule has 0 aliphatic carbocycles. The largest absolute Gasteiger partial charge is 0.475 e. The summed E-state index contributed by atoms with van der Waals surface area (Å²) in [6.07, 6.45) is 0.412. The molecular formula is C14H19BBrClN2O4. The second-order valence-electron chi connectivity index (χ2n) is 5.52. The molecule has 0 aliphatic heterocycles. The van der Waals surface area contributed by atoms with Crippen LogP contribution >= 0.6 is 27.5 Å². The summed E-state index contributed by atoms with van der Waals surface area (Å²) in [4.78, 5) is 23.9. The summed E-state index contributed by atoms with van der Waals surface area (Å²) < 4.78 is 0.692. The summed E-state index contributed by atoms with van der Waals surface area (Å²) in [6, 6.07) is 4.82. The third-order valence-corrected chi connectivity index (χ3v) is 3.84. The molecule has 0 fully saturated rings. The smallest absolute Gasteiger partial charge is 0.426 e. The molecular weight excluding hydrogens is 386 g/mol. The lowest BCUT2D eigenvalue weighted by molar-refractivity contribution is -0.120. The van der Waals surface area contributed by atoms with Crippen molar-refractivity contribution in [2.75, 3.05) is 6.54 Å². The zero-order valence-corrected chi connectivity index (χ0v) is 15.2. The van der Waals surface area contributed by atoms with Crippen molar-refractivity contribution in [3.8, 4) is 0 Å². The number of hydrogen-bond donors (Lipinski definition) is 4. The Morgan fingerprint density at radius 1 is 1.35 bits per heavy atom. The summed E-state index contributed by atoms with van der Waals surface area (Å²) in [5, 5.41) is 23.7. The van der Waals surface area contributed by atoms with E-state index in [1.165, 1.54) is 0 Å². The van der Waals surface area contributed by atoms with Crippen molar-refractivity contribution < 1.29 is 19.6 Å². The van der Waals surface area contributed by atoms with Crippen LogP contribution < -0.4 is 10.6 Å². The zero-order valence-electron chi connectivity index (χ0n) is 12.8. The van der Waals surface area contributed by atoms with E-state index >= 15 is 0 Å². The van der Waals surface area contributed by atoms with Crippen molar-refractivity contribution in [3.05, 3.63) is 33.3 Å². The molecule has 1 aromatic rings. The van der Waals surface area contributed by atoms with Crippen LogP contribution in [-0.2, 0) is 4.79 Å². The lowest BCUT2D eigenvalue weighted by atomic mass is 9.75. The number of amides is 2. The van der Waals surface area contributed by atoms with Gasteiger partial charge in [0.2, 0.25) is 5.91 Å². The summed E-state index contributed by atoms with van der Waals surface area (Å²) in [5.41, 5.74) is 0.245. The second kappa shape index (κ2) is 9.27. The molecule has 1 atom stereocenters. The van der Waals surface area contributed by atoms with Crippen LogP contribution in [0, 0.1) is 5.92 Å². The first-order chi connectivity index (χ1) is 10.7. The van der Waals surface area contributed by atoms with Crippen molar-refractivity contribution in [1.29, 1.82) is 0 Å². The van der Waals surface area contributed by atoms with Gasteiger partial charge in [-0.05, 0) is 30.5 Å². The van der Waals surface area contributed by atoms with Crippen LogP contribution in [-0.4, -0.2) is 41.5 Å². The lowest BCUT2D eigenvalue weighted by Gasteiger charge is -2.19. The summed E-state index contributed by atoms with van der Waals surface area (Å²) in [5.74, 6) is -1.61. The van der Waals surface area contributed by atoms with E-state index in [-0.39, 0.29) is 23.0 Å². The highest BCUT2D eigenvalue weighted by Gasteiger charge is 2.26. The maximum Gasteiger partial charge on any atom is 0.475 e. The molecule has 2 amide bonds. The van der Waals surface area contributed by atoms with Gasteiger partial charge in [0.25, 0.3) is 5.91 Å². The van der Waals surface area contributed by atoms with Gasteiger partial charge in [0, 0.05) is 4.47 Å². The topological polar surface area (TPSA) is 98.7 Å². The maximum absolute atomic E-state index is 12.0.